The number of hydrogen-bond donors (Lipinski definition) is 0. The molecule has 0 bridgehead atoms. The summed E-state index contributed by atoms with van der Waals surface area (Å²) in [4.78, 5) is 29.3. The maximum Gasteiger partial charge on any atom is 0.327 e. The molecule has 1 unspecified atom stereocenters. The Morgan fingerprint density at radius 2 is 1.77 bits per heavy atom. The molecule has 1 heterocycles. The Hall–Kier alpha value is -2.57. The van der Waals surface area contributed by atoms with E-state index in [1.807, 2.05) is 41.0 Å². The average Bonchev–Trinajstić information content (AvgIpc) is 2.79. The van der Waals surface area contributed by atoms with Crippen LogP contribution < -0.4 is 4.74 Å². The first-order chi connectivity index (χ1) is 14.5. The van der Waals surface area contributed by atoms with Crippen molar-refractivity contribution in [2.45, 2.75) is 19.4 Å². The summed E-state index contributed by atoms with van der Waals surface area (Å²) in [6.45, 7) is 4.86. The van der Waals surface area contributed by atoms with Gasteiger partial charge in [-0.3, -0.25) is 9.69 Å². The molecule has 1 aliphatic heterocycles. The van der Waals surface area contributed by atoms with Crippen molar-refractivity contribution >= 4 is 23.5 Å². The highest BCUT2D eigenvalue weighted by molar-refractivity contribution is 6.30. The second kappa shape index (κ2) is 10.5. The van der Waals surface area contributed by atoms with E-state index in [-0.39, 0.29) is 11.9 Å². The molecular weight excluding hydrogens is 404 g/mol. The van der Waals surface area contributed by atoms with Crippen LogP contribution in [-0.2, 0) is 9.53 Å². The molecule has 30 heavy (non-hydrogen) atoms. The van der Waals surface area contributed by atoms with Crippen LogP contribution in [0.4, 0.5) is 0 Å². The number of esters is 1. The van der Waals surface area contributed by atoms with Gasteiger partial charge in [-0.1, -0.05) is 36.7 Å². The number of carbonyl (C=O) groups is 2. The Kier molecular flexibility index (Phi) is 7.71. The number of hydrogen-bond acceptors (Lipinski definition) is 5. The van der Waals surface area contributed by atoms with Gasteiger partial charge in [-0.25, -0.2) is 4.79 Å². The zero-order valence-electron chi connectivity index (χ0n) is 17.3. The van der Waals surface area contributed by atoms with Crippen molar-refractivity contribution in [2.24, 2.45) is 0 Å². The number of methoxy groups -OCH3 is 1. The number of piperazine rings is 1. The molecule has 1 aliphatic rings. The molecule has 160 valence electrons. The average molecular weight is 431 g/mol. The Morgan fingerprint density at radius 1 is 1.07 bits per heavy atom. The third-order valence-electron chi connectivity index (χ3n) is 5.13. The molecule has 7 heteroatoms. The summed E-state index contributed by atoms with van der Waals surface area (Å²) in [5.41, 5.74) is 1.44. The van der Waals surface area contributed by atoms with Crippen LogP contribution in [0.2, 0.25) is 5.02 Å². The van der Waals surface area contributed by atoms with E-state index in [0.717, 1.165) is 12.0 Å². The normalized spacial score (nSPS) is 15.5. The van der Waals surface area contributed by atoms with Crippen LogP contribution in [0, 0.1) is 0 Å². The number of carbonyl (C=O) groups excluding carboxylic acids is 2. The summed E-state index contributed by atoms with van der Waals surface area (Å²) in [5, 5.41) is 0.614. The van der Waals surface area contributed by atoms with E-state index in [2.05, 4.69) is 0 Å². The predicted octanol–water partition coefficient (Wildman–Crippen LogP) is 3.80. The smallest absolute Gasteiger partial charge is 0.327 e. The summed E-state index contributed by atoms with van der Waals surface area (Å²) in [5.74, 6) is 0.352. The van der Waals surface area contributed by atoms with Gasteiger partial charge in [0, 0.05) is 36.8 Å². The van der Waals surface area contributed by atoms with Crippen LogP contribution in [0.15, 0.2) is 48.5 Å². The number of benzene rings is 2. The molecule has 1 atom stereocenters. The van der Waals surface area contributed by atoms with Crippen LogP contribution in [0.25, 0.3) is 0 Å². The molecule has 2 aromatic rings. The molecule has 1 amide bonds. The zero-order valence-corrected chi connectivity index (χ0v) is 18.1. The lowest BCUT2D eigenvalue weighted by molar-refractivity contribution is -0.148. The first kappa shape index (κ1) is 22.1. The van der Waals surface area contributed by atoms with Gasteiger partial charge in [-0.05, 0) is 42.3 Å². The molecule has 6 nitrogen and oxygen atoms in total. The lowest BCUT2D eigenvalue weighted by Gasteiger charge is -2.38. The van der Waals surface area contributed by atoms with Crippen molar-refractivity contribution in [2.75, 3.05) is 39.9 Å². The fourth-order valence-electron chi connectivity index (χ4n) is 3.56. The molecule has 0 N–H and O–H groups in total. The van der Waals surface area contributed by atoms with Gasteiger partial charge in [0.1, 0.15) is 11.8 Å². The van der Waals surface area contributed by atoms with Crippen molar-refractivity contribution in [1.82, 2.24) is 9.80 Å². The number of rotatable bonds is 7. The van der Waals surface area contributed by atoms with Crippen LogP contribution in [0.1, 0.15) is 35.3 Å². The van der Waals surface area contributed by atoms with Crippen LogP contribution in [-0.4, -0.2) is 61.6 Å². The third kappa shape index (κ3) is 5.32. The summed E-state index contributed by atoms with van der Waals surface area (Å²) in [6, 6.07) is 14.0. The van der Waals surface area contributed by atoms with Gasteiger partial charge < -0.3 is 14.4 Å². The van der Waals surface area contributed by atoms with Crippen LogP contribution in [0.5, 0.6) is 5.75 Å². The minimum Gasteiger partial charge on any atom is -0.494 e. The van der Waals surface area contributed by atoms with E-state index >= 15 is 0 Å². The van der Waals surface area contributed by atoms with Gasteiger partial charge in [0.2, 0.25) is 0 Å². The molecule has 0 saturated carbocycles. The van der Waals surface area contributed by atoms with Crippen molar-refractivity contribution in [3.05, 3.63) is 64.7 Å². The first-order valence-corrected chi connectivity index (χ1v) is 10.5. The fourth-order valence-corrected chi connectivity index (χ4v) is 3.68. The quantitative estimate of drug-likeness (QED) is 0.625. The molecule has 3 rings (SSSR count). The number of nitrogens with zero attached hydrogens (tertiary/aromatic N) is 2. The SMILES string of the molecule is CCCOc1cccc(C(=O)N2CCN(C(C(=O)OC)c3ccc(Cl)cc3)CC2)c1. The summed E-state index contributed by atoms with van der Waals surface area (Å²) < 4.78 is 10.7. The Balaban J connectivity index is 1.67. The van der Waals surface area contributed by atoms with Gasteiger partial charge in [0.15, 0.2) is 0 Å². The first-order valence-electron chi connectivity index (χ1n) is 10.1. The predicted molar refractivity (Wildman–Crippen MR) is 116 cm³/mol. The van der Waals surface area contributed by atoms with E-state index in [9.17, 15) is 9.59 Å². The molecule has 0 aromatic heterocycles. The van der Waals surface area contributed by atoms with E-state index in [0.29, 0.717) is 49.1 Å². The van der Waals surface area contributed by atoms with Gasteiger partial charge in [0.25, 0.3) is 5.91 Å². The summed E-state index contributed by atoms with van der Waals surface area (Å²) in [7, 11) is 1.39. The van der Waals surface area contributed by atoms with Gasteiger partial charge in [0.05, 0.1) is 13.7 Å². The summed E-state index contributed by atoms with van der Waals surface area (Å²) in [6.07, 6.45) is 0.912. The lowest BCUT2D eigenvalue weighted by atomic mass is 10.0. The molecule has 0 spiro atoms. The molecule has 1 saturated heterocycles. The van der Waals surface area contributed by atoms with Crippen LogP contribution >= 0.6 is 11.6 Å². The maximum atomic E-state index is 12.9. The third-order valence-corrected chi connectivity index (χ3v) is 5.38. The largest absolute Gasteiger partial charge is 0.494 e. The second-order valence-electron chi connectivity index (χ2n) is 7.18. The zero-order chi connectivity index (χ0) is 21.5. The van der Waals surface area contributed by atoms with Gasteiger partial charge in [-0.2, -0.15) is 0 Å². The van der Waals surface area contributed by atoms with E-state index in [1.54, 1.807) is 24.3 Å². The Bertz CT molecular complexity index is 864. The monoisotopic (exact) mass is 430 g/mol. The van der Waals surface area contributed by atoms with Gasteiger partial charge in [-0.15, -0.1) is 0 Å². The molecule has 2 aromatic carbocycles. The highest BCUT2D eigenvalue weighted by atomic mass is 35.5. The number of ether oxygens (including phenoxy) is 2. The minimum atomic E-state index is -0.518. The van der Waals surface area contributed by atoms with Gasteiger partial charge >= 0.3 is 5.97 Å². The molecule has 0 radical (unpaired) electrons. The van der Waals surface area contributed by atoms with E-state index in [1.165, 1.54) is 7.11 Å². The second-order valence-corrected chi connectivity index (χ2v) is 7.62. The van der Waals surface area contributed by atoms with Crippen molar-refractivity contribution < 1.29 is 19.1 Å². The highest BCUT2D eigenvalue weighted by Crippen LogP contribution is 2.26. The standard InChI is InChI=1S/C23H27ClN2O4/c1-3-15-30-20-6-4-5-18(16-20)22(27)26-13-11-25(12-14-26)21(23(28)29-2)17-7-9-19(24)10-8-17/h4-10,16,21H,3,11-15H2,1-2H3. The van der Waals surface area contributed by atoms with Crippen molar-refractivity contribution in [3.63, 3.8) is 0 Å². The highest BCUT2D eigenvalue weighted by Gasteiger charge is 2.32. The topological polar surface area (TPSA) is 59.1 Å². The van der Waals surface area contributed by atoms with E-state index < -0.39 is 6.04 Å². The Labute approximate surface area is 182 Å². The van der Waals surface area contributed by atoms with Crippen molar-refractivity contribution in [3.8, 4) is 5.75 Å². The number of halogens is 1. The van der Waals surface area contributed by atoms with Crippen molar-refractivity contribution in [1.29, 1.82) is 0 Å². The Morgan fingerprint density at radius 3 is 2.40 bits per heavy atom. The minimum absolute atomic E-state index is 0.0299. The fraction of sp³-hybridized carbons (Fsp3) is 0.391. The number of amides is 1. The lowest BCUT2D eigenvalue weighted by Crippen LogP contribution is -2.51. The molecular formula is C23H27ClN2O4. The molecule has 1 fully saturated rings. The molecule has 0 aliphatic carbocycles. The summed E-state index contributed by atoms with van der Waals surface area (Å²) >= 11 is 5.98. The maximum absolute atomic E-state index is 12.9. The van der Waals surface area contributed by atoms with Crippen LogP contribution in [0.3, 0.4) is 0 Å². The van der Waals surface area contributed by atoms with E-state index in [4.69, 9.17) is 21.1 Å².